The fourth-order valence-electron chi connectivity index (χ4n) is 3.22. The maximum Gasteiger partial charge on any atom is 0.111 e. The molecule has 2 aliphatic heterocycles. The smallest absolute Gasteiger partial charge is 0.111 e. The minimum atomic E-state index is 0. The molecule has 2 atom stereocenters. The van der Waals surface area contributed by atoms with Crippen molar-refractivity contribution in [3.05, 3.63) is 12.2 Å². The number of hydrogen-bond donors (Lipinski definition) is 0. The van der Waals surface area contributed by atoms with E-state index in [4.69, 9.17) is 0 Å². The molecule has 0 saturated carbocycles. The summed E-state index contributed by atoms with van der Waals surface area (Å²) in [4.78, 5) is 0. The van der Waals surface area contributed by atoms with E-state index in [0.29, 0.717) is 0 Å². The van der Waals surface area contributed by atoms with Crippen LogP contribution in [0.4, 0.5) is 0 Å². The molecule has 0 aromatic rings. The summed E-state index contributed by atoms with van der Waals surface area (Å²) in [5, 5.41) is 0. The molecular formula is C11H20BrN. The third-order valence-electron chi connectivity index (χ3n) is 4.02. The molecule has 2 rings (SSSR count). The van der Waals surface area contributed by atoms with E-state index in [1.807, 2.05) is 0 Å². The molecular weight excluding hydrogens is 226 g/mol. The molecule has 1 unspecified atom stereocenters. The van der Waals surface area contributed by atoms with Crippen molar-refractivity contribution in [3.63, 3.8) is 0 Å². The zero-order chi connectivity index (χ0) is 8.77. The Balaban J connectivity index is 0.000000845. The highest BCUT2D eigenvalue weighted by molar-refractivity contribution is 5.08. The Hall–Kier alpha value is 0.180. The average Bonchev–Trinajstić information content (AvgIpc) is 2.53. The minimum Gasteiger partial charge on any atom is -1.00 e. The Morgan fingerprint density at radius 3 is 2.62 bits per heavy atom. The summed E-state index contributed by atoms with van der Waals surface area (Å²) in [7, 11) is 0. The van der Waals surface area contributed by atoms with Crippen molar-refractivity contribution in [2.45, 2.75) is 45.2 Å². The summed E-state index contributed by atoms with van der Waals surface area (Å²) < 4.78 is 1.36. The van der Waals surface area contributed by atoms with Gasteiger partial charge in [-0.05, 0) is 19.4 Å². The van der Waals surface area contributed by atoms with Gasteiger partial charge in [0.15, 0.2) is 0 Å². The van der Waals surface area contributed by atoms with Crippen molar-refractivity contribution in [2.75, 3.05) is 13.1 Å². The third kappa shape index (κ3) is 1.48. The molecule has 0 bridgehead atoms. The van der Waals surface area contributed by atoms with Gasteiger partial charge in [-0.2, -0.15) is 0 Å². The molecule has 2 heterocycles. The first-order chi connectivity index (χ1) is 5.67. The van der Waals surface area contributed by atoms with E-state index in [1.54, 1.807) is 0 Å². The molecule has 0 radical (unpaired) electrons. The fourth-order valence-corrected chi connectivity index (χ4v) is 3.22. The average molecular weight is 246 g/mol. The summed E-state index contributed by atoms with van der Waals surface area (Å²) >= 11 is 0. The number of rotatable bonds is 1. The maximum atomic E-state index is 4.21. The molecule has 2 heteroatoms. The second kappa shape index (κ2) is 3.74. The van der Waals surface area contributed by atoms with Gasteiger partial charge in [-0.1, -0.05) is 6.58 Å². The number of fused-ring (bicyclic) bond motifs is 1. The predicted molar refractivity (Wildman–Crippen MR) is 51.9 cm³/mol. The van der Waals surface area contributed by atoms with Gasteiger partial charge in [0.1, 0.15) is 6.04 Å². The Kier molecular flexibility index (Phi) is 3.24. The highest BCUT2D eigenvalue weighted by Gasteiger charge is 2.49. The Labute approximate surface area is 92.2 Å². The van der Waals surface area contributed by atoms with Crippen LogP contribution in [0.2, 0.25) is 0 Å². The monoisotopic (exact) mass is 245 g/mol. The van der Waals surface area contributed by atoms with Crippen molar-refractivity contribution >= 4 is 0 Å². The normalized spacial score (nSPS) is 37.8. The third-order valence-corrected chi connectivity index (χ3v) is 4.02. The molecule has 1 nitrogen and oxygen atoms in total. The number of halogens is 1. The summed E-state index contributed by atoms with van der Waals surface area (Å²) in [6.45, 7) is 11.7. The van der Waals surface area contributed by atoms with Crippen LogP contribution < -0.4 is 17.0 Å². The number of nitrogens with zero attached hydrogens (tertiary/aromatic N) is 1. The van der Waals surface area contributed by atoms with Crippen LogP contribution >= 0.6 is 0 Å². The first kappa shape index (κ1) is 11.3. The maximum absolute atomic E-state index is 4.21. The quantitative estimate of drug-likeness (QED) is 0.425. The molecule has 0 aromatic carbocycles. The molecule has 2 fully saturated rings. The van der Waals surface area contributed by atoms with E-state index in [1.165, 1.54) is 42.4 Å². The molecule has 0 amide bonds. The zero-order valence-electron chi connectivity index (χ0n) is 8.72. The van der Waals surface area contributed by atoms with E-state index in [-0.39, 0.29) is 17.0 Å². The van der Waals surface area contributed by atoms with Gasteiger partial charge in [-0.3, -0.25) is 0 Å². The van der Waals surface area contributed by atoms with Gasteiger partial charge in [0, 0.05) is 19.3 Å². The number of quaternary nitrogens is 1. The summed E-state index contributed by atoms with van der Waals surface area (Å²) in [6, 6.07) is 1.63. The number of hydrogen-bond acceptors (Lipinski definition) is 0. The Morgan fingerprint density at radius 2 is 2.08 bits per heavy atom. The van der Waals surface area contributed by atoms with Gasteiger partial charge in [0.2, 0.25) is 0 Å². The molecule has 2 aliphatic rings. The zero-order valence-corrected chi connectivity index (χ0v) is 10.3. The molecule has 0 aromatic heterocycles. The van der Waals surface area contributed by atoms with E-state index < -0.39 is 0 Å². The first-order valence-electron chi connectivity index (χ1n) is 5.21. The lowest BCUT2D eigenvalue weighted by Gasteiger charge is -2.38. The largest absolute Gasteiger partial charge is 1.00 e. The SMILES string of the molecule is C=C1CC[N+]2(C(C)C)CCC[C@@H]12.[Br-]. The standard InChI is InChI=1S/C11H20N.BrH/c1-9(2)12-7-4-5-11(12)10(3)6-8-12;/h9,11H,3-8H2,1-2H3;1H/q+1;/p-1/t11-,12?;/m0./s1. The Morgan fingerprint density at radius 1 is 1.38 bits per heavy atom. The topological polar surface area (TPSA) is 0 Å². The van der Waals surface area contributed by atoms with Gasteiger partial charge in [0.25, 0.3) is 0 Å². The second-order valence-electron chi connectivity index (χ2n) is 4.71. The van der Waals surface area contributed by atoms with Crippen molar-refractivity contribution in [1.82, 2.24) is 0 Å². The molecule has 0 N–H and O–H groups in total. The highest BCUT2D eigenvalue weighted by Crippen LogP contribution is 2.40. The lowest BCUT2D eigenvalue weighted by Crippen LogP contribution is -3.00. The van der Waals surface area contributed by atoms with Crippen LogP contribution in [-0.2, 0) is 0 Å². The lowest BCUT2D eigenvalue weighted by molar-refractivity contribution is -0.944. The summed E-state index contributed by atoms with van der Waals surface area (Å²) in [5.41, 5.74) is 1.53. The lowest BCUT2D eigenvalue weighted by atomic mass is 10.1. The van der Waals surface area contributed by atoms with Crippen molar-refractivity contribution < 1.29 is 21.5 Å². The van der Waals surface area contributed by atoms with E-state index in [0.717, 1.165) is 12.1 Å². The van der Waals surface area contributed by atoms with E-state index >= 15 is 0 Å². The predicted octanol–water partition coefficient (Wildman–Crippen LogP) is -0.662. The van der Waals surface area contributed by atoms with Gasteiger partial charge in [0.05, 0.1) is 19.1 Å². The van der Waals surface area contributed by atoms with Gasteiger partial charge < -0.3 is 21.5 Å². The van der Waals surface area contributed by atoms with Crippen LogP contribution in [0.1, 0.15) is 33.1 Å². The molecule has 0 aliphatic carbocycles. The van der Waals surface area contributed by atoms with Gasteiger partial charge in [-0.15, -0.1) is 0 Å². The van der Waals surface area contributed by atoms with E-state index in [9.17, 15) is 0 Å². The fraction of sp³-hybridized carbons (Fsp3) is 0.818. The molecule has 2 saturated heterocycles. The molecule has 76 valence electrons. The summed E-state index contributed by atoms with van der Waals surface area (Å²) in [6.07, 6.45) is 4.10. The Bertz CT molecular complexity index is 212. The highest BCUT2D eigenvalue weighted by atomic mass is 79.9. The van der Waals surface area contributed by atoms with Gasteiger partial charge >= 0.3 is 0 Å². The first-order valence-corrected chi connectivity index (χ1v) is 5.21. The van der Waals surface area contributed by atoms with Crippen LogP contribution in [0.5, 0.6) is 0 Å². The molecule has 0 spiro atoms. The van der Waals surface area contributed by atoms with Crippen molar-refractivity contribution in [1.29, 1.82) is 0 Å². The van der Waals surface area contributed by atoms with Crippen molar-refractivity contribution in [2.24, 2.45) is 0 Å². The minimum absolute atomic E-state index is 0. The van der Waals surface area contributed by atoms with Crippen LogP contribution in [0, 0.1) is 0 Å². The summed E-state index contributed by atoms with van der Waals surface area (Å²) in [5.74, 6) is 0. The van der Waals surface area contributed by atoms with Gasteiger partial charge in [-0.25, -0.2) is 0 Å². The second-order valence-corrected chi connectivity index (χ2v) is 4.71. The van der Waals surface area contributed by atoms with Crippen LogP contribution in [-0.4, -0.2) is 29.7 Å². The van der Waals surface area contributed by atoms with Crippen LogP contribution in [0.15, 0.2) is 12.2 Å². The van der Waals surface area contributed by atoms with Crippen LogP contribution in [0.25, 0.3) is 0 Å². The van der Waals surface area contributed by atoms with Crippen LogP contribution in [0.3, 0.4) is 0 Å². The van der Waals surface area contributed by atoms with Crippen molar-refractivity contribution in [3.8, 4) is 0 Å². The van der Waals surface area contributed by atoms with E-state index in [2.05, 4.69) is 20.4 Å². The molecule has 13 heavy (non-hydrogen) atoms.